The molecule has 0 fully saturated rings. The first-order valence-corrected chi connectivity index (χ1v) is 13.3. The number of H-pyrrole nitrogens is 1. The summed E-state index contributed by atoms with van der Waals surface area (Å²) in [6.45, 7) is 17.8. The smallest absolute Gasteiger partial charge is 0.209 e. The van der Waals surface area contributed by atoms with Crippen LogP contribution in [-0.2, 0) is 6.42 Å². The molecule has 0 atom stereocenters. The third kappa shape index (κ3) is 4.64. The normalized spacial score (nSPS) is 20.5. The molecule has 3 aliphatic rings. The van der Waals surface area contributed by atoms with Crippen molar-refractivity contribution in [3.8, 4) is 0 Å². The van der Waals surface area contributed by atoms with Gasteiger partial charge in [-0.1, -0.05) is 27.7 Å². The van der Waals surface area contributed by atoms with E-state index in [0.29, 0.717) is 0 Å². The van der Waals surface area contributed by atoms with E-state index in [2.05, 4.69) is 95.2 Å². The highest BCUT2D eigenvalue weighted by molar-refractivity contribution is 6.05. The minimum Gasteiger partial charge on any atom is -0.358 e. The minimum atomic E-state index is 0.828. The largest absolute Gasteiger partial charge is 0.358 e. The van der Waals surface area contributed by atoms with Gasteiger partial charge < -0.3 is 4.98 Å². The summed E-state index contributed by atoms with van der Waals surface area (Å²) in [6.07, 6.45) is 14.1. The molecule has 4 nitrogen and oxygen atoms in total. The first-order valence-electron chi connectivity index (χ1n) is 13.3. The predicted molar refractivity (Wildman–Crippen MR) is 148 cm³/mol. The molecule has 4 heteroatoms. The number of hydrogen-bond donors (Lipinski definition) is 3. The zero-order valence-corrected chi connectivity index (χ0v) is 22.9. The number of hydrogen-bond acceptors (Lipinski definition) is 1. The average Bonchev–Trinajstić information content (AvgIpc) is 3.58. The Morgan fingerprint density at radius 2 is 1.63 bits per heavy atom. The van der Waals surface area contributed by atoms with E-state index in [1.807, 2.05) is 0 Å². The van der Waals surface area contributed by atoms with Gasteiger partial charge in [0.2, 0.25) is 5.70 Å². The number of nitrogens with zero attached hydrogens (tertiary/aromatic N) is 1. The van der Waals surface area contributed by atoms with Gasteiger partial charge in [0, 0.05) is 52.3 Å². The Balaban J connectivity index is 1.63. The zero-order chi connectivity index (χ0) is 25.3. The monoisotopic (exact) mass is 470 g/mol. The van der Waals surface area contributed by atoms with Gasteiger partial charge in [-0.15, -0.1) is 0 Å². The van der Waals surface area contributed by atoms with Gasteiger partial charge in [0.05, 0.1) is 11.4 Å². The number of quaternary nitrogens is 1. The Hall–Kier alpha value is -2.98. The first kappa shape index (κ1) is 25.1. The van der Waals surface area contributed by atoms with Gasteiger partial charge in [0.25, 0.3) is 0 Å². The van der Waals surface area contributed by atoms with Crippen molar-refractivity contribution in [1.82, 2.24) is 4.98 Å². The lowest BCUT2D eigenvalue weighted by Crippen LogP contribution is -2.74. The summed E-state index contributed by atoms with van der Waals surface area (Å²) in [5.41, 5.74) is 18.3. The van der Waals surface area contributed by atoms with Crippen LogP contribution in [0.15, 0.2) is 67.8 Å². The highest BCUT2D eigenvalue weighted by Gasteiger charge is 2.24. The van der Waals surface area contributed by atoms with Crippen LogP contribution in [0, 0.1) is 13.8 Å². The van der Waals surface area contributed by atoms with E-state index in [0.717, 1.165) is 37.8 Å². The predicted octanol–water partition coefficient (Wildman–Crippen LogP) is 5.01. The van der Waals surface area contributed by atoms with Crippen molar-refractivity contribution in [3.63, 3.8) is 0 Å². The van der Waals surface area contributed by atoms with Crippen LogP contribution in [0.3, 0.4) is 0 Å². The number of nitrogens with one attached hydrogen (secondary N) is 2. The van der Waals surface area contributed by atoms with E-state index in [9.17, 15) is 0 Å². The number of aromatic amines is 1. The van der Waals surface area contributed by atoms with Crippen molar-refractivity contribution in [3.05, 3.63) is 85.3 Å². The van der Waals surface area contributed by atoms with Crippen molar-refractivity contribution in [2.24, 2.45) is 4.99 Å². The molecule has 184 valence electrons. The van der Waals surface area contributed by atoms with Gasteiger partial charge in [-0.3, -0.25) is 10.3 Å². The highest BCUT2D eigenvalue weighted by Crippen LogP contribution is 2.31. The summed E-state index contributed by atoms with van der Waals surface area (Å²) < 4.78 is 0. The molecule has 4 N–H and O–H groups in total. The Morgan fingerprint density at radius 1 is 0.886 bits per heavy atom. The molecule has 0 radical (unpaired) electrons. The molecule has 35 heavy (non-hydrogen) atoms. The van der Waals surface area contributed by atoms with E-state index in [1.165, 1.54) is 73.1 Å². The summed E-state index contributed by atoms with van der Waals surface area (Å²) in [5, 5.41) is 2.26. The molecule has 0 unspecified atom stereocenters. The second-order valence-electron chi connectivity index (χ2n) is 9.84. The molecule has 0 aliphatic carbocycles. The van der Waals surface area contributed by atoms with Crippen LogP contribution < -0.4 is 10.3 Å². The lowest BCUT2D eigenvalue weighted by Gasteiger charge is -2.03. The van der Waals surface area contributed by atoms with Crippen LogP contribution in [0.4, 0.5) is 0 Å². The molecule has 0 saturated carbocycles. The minimum absolute atomic E-state index is 0.828. The molecule has 4 heterocycles. The maximum atomic E-state index is 5.12. The molecule has 4 rings (SSSR count). The summed E-state index contributed by atoms with van der Waals surface area (Å²) in [6, 6.07) is 0. The fourth-order valence-electron chi connectivity index (χ4n) is 5.44. The molecule has 1 aromatic heterocycles. The van der Waals surface area contributed by atoms with Crippen LogP contribution in [0.25, 0.3) is 6.08 Å². The summed E-state index contributed by atoms with van der Waals surface area (Å²) in [7, 11) is 0. The van der Waals surface area contributed by atoms with Crippen molar-refractivity contribution >= 4 is 18.0 Å². The van der Waals surface area contributed by atoms with Gasteiger partial charge in [-0.25, -0.2) is 4.99 Å². The molecule has 0 spiro atoms. The van der Waals surface area contributed by atoms with Crippen LogP contribution in [0.2, 0.25) is 0 Å². The second-order valence-corrected chi connectivity index (χ2v) is 9.84. The standard InChI is InChI=1S/C31H40N4/c1-9-22-16-32-30(24(22)11-3)14-28-20(7)18(5)26(34-28)13-27-19(6)21(8)29(35-27)15-31-25(12-4)23(10-2)17-33-31/h14-17,32,35H,9-13H2,1-8H3/p+2/b28-14+,31-15-. The van der Waals surface area contributed by atoms with E-state index in [1.54, 1.807) is 0 Å². The Bertz CT molecular complexity index is 1300. The lowest BCUT2D eigenvalue weighted by atomic mass is 10.0. The Kier molecular flexibility index (Phi) is 7.42. The quantitative estimate of drug-likeness (QED) is 0.479. The summed E-state index contributed by atoms with van der Waals surface area (Å²) >= 11 is 0. The van der Waals surface area contributed by atoms with Gasteiger partial charge in [-0.05, 0) is 75.7 Å². The topological polar surface area (TPSA) is 58.7 Å². The van der Waals surface area contributed by atoms with Crippen LogP contribution in [0.1, 0.15) is 89.7 Å². The van der Waals surface area contributed by atoms with E-state index < -0.39 is 0 Å². The third-order valence-electron chi connectivity index (χ3n) is 8.05. The average molecular weight is 471 g/mol. The first-order chi connectivity index (χ1) is 16.8. The lowest BCUT2D eigenvalue weighted by molar-refractivity contribution is -0.526. The van der Waals surface area contributed by atoms with Crippen LogP contribution in [-0.4, -0.2) is 16.9 Å². The van der Waals surface area contributed by atoms with Crippen molar-refractivity contribution in [1.29, 1.82) is 0 Å². The molecular weight excluding hydrogens is 428 g/mol. The molecule has 0 amide bonds. The highest BCUT2D eigenvalue weighted by atomic mass is 14.9. The van der Waals surface area contributed by atoms with Gasteiger partial charge >= 0.3 is 0 Å². The number of aromatic nitrogens is 1. The van der Waals surface area contributed by atoms with Crippen LogP contribution >= 0.6 is 0 Å². The van der Waals surface area contributed by atoms with E-state index in [-0.39, 0.29) is 0 Å². The summed E-state index contributed by atoms with van der Waals surface area (Å²) in [5.74, 6) is 0. The molecule has 1 aromatic rings. The van der Waals surface area contributed by atoms with Crippen molar-refractivity contribution < 1.29 is 10.3 Å². The van der Waals surface area contributed by atoms with Crippen molar-refractivity contribution in [2.75, 3.05) is 0 Å². The second kappa shape index (κ2) is 10.3. The van der Waals surface area contributed by atoms with Gasteiger partial charge in [0.1, 0.15) is 11.9 Å². The molecule has 0 aromatic carbocycles. The number of nitrogens with two attached hydrogens (primary N) is 1. The fraction of sp³-hybridized carbons (Fsp3) is 0.419. The number of allylic oxidation sites excluding steroid dienone is 7. The SMILES string of the molecule is CCC1=C[NH2+]C(/C=C2/N=C(Cc3[nH]c(/C=C4\[NH+]=CC(CC)=C4CC)c(C)c3C)C(C)=C2C)=C1CC. The molecule has 0 saturated heterocycles. The molecular formula is C31H42N4+2. The third-order valence-corrected chi connectivity index (χ3v) is 8.05. The number of rotatable bonds is 8. The van der Waals surface area contributed by atoms with E-state index >= 15 is 0 Å². The molecule has 0 bridgehead atoms. The van der Waals surface area contributed by atoms with Crippen molar-refractivity contribution in [2.45, 2.75) is 87.5 Å². The molecule has 3 aliphatic heterocycles. The Labute approximate surface area is 211 Å². The zero-order valence-electron chi connectivity index (χ0n) is 22.9. The maximum Gasteiger partial charge on any atom is 0.209 e. The van der Waals surface area contributed by atoms with Gasteiger partial charge in [0.15, 0.2) is 6.21 Å². The van der Waals surface area contributed by atoms with Crippen LogP contribution in [0.5, 0.6) is 0 Å². The van der Waals surface area contributed by atoms with E-state index in [4.69, 9.17) is 4.99 Å². The number of aliphatic imine (C=N–C) groups is 1. The fourth-order valence-corrected chi connectivity index (χ4v) is 5.44. The summed E-state index contributed by atoms with van der Waals surface area (Å²) in [4.78, 5) is 12.4. The maximum absolute atomic E-state index is 5.12. The Morgan fingerprint density at radius 3 is 2.29 bits per heavy atom. The van der Waals surface area contributed by atoms with Gasteiger partial charge in [-0.2, -0.15) is 0 Å².